The topological polar surface area (TPSA) is 50.2 Å². The second-order valence-corrected chi connectivity index (χ2v) is 2.87. The Labute approximate surface area is 68.4 Å². The highest BCUT2D eigenvalue weighted by Crippen LogP contribution is 2.02. The van der Waals surface area contributed by atoms with Crippen molar-refractivity contribution in [3.05, 3.63) is 0 Å². The summed E-state index contributed by atoms with van der Waals surface area (Å²) < 4.78 is 4.64. The van der Waals surface area contributed by atoms with Gasteiger partial charge in [-0.1, -0.05) is 15.9 Å². The van der Waals surface area contributed by atoms with E-state index in [4.69, 9.17) is 5.41 Å². The van der Waals surface area contributed by atoms with Crippen molar-refractivity contribution in [2.75, 3.05) is 6.61 Å². The highest BCUT2D eigenvalue weighted by molar-refractivity contribution is 9.10. The largest absolute Gasteiger partial charge is 0.466 e. The Morgan fingerprint density at radius 2 is 2.50 bits per heavy atom. The van der Waals surface area contributed by atoms with E-state index in [0.717, 1.165) is 6.21 Å². The first-order chi connectivity index (χ1) is 4.70. The first-order valence-electron chi connectivity index (χ1n) is 3.01. The molecule has 1 atom stereocenters. The van der Waals surface area contributed by atoms with Crippen molar-refractivity contribution < 1.29 is 9.53 Å². The lowest BCUT2D eigenvalue weighted by molar-refractivity contribution is -0.142. The van der Waals surface area contributed by atoms with Crippen molar-refractivity contribution in [3.63, 3.8) is 0 Å². The van der Waals surface area contributed by atoms with Gasteiger partial charge >= 0.3 is 5.97 Å². The molecule has 0 aliphatic rings. The summed E-state index contributed by atoms with van der Waals surface area (Å²) in [5.74, 6) is -0.270. The molecule has 4 heteroatoms. The van der Waals surface area contributed by atoms with Crippen molar-refractivity contribution in [2.45, 2.75) is 18.2 Å². The number of hydrogen-bond donors (Lipinski definition) is 1. The fraction of sp³-hybridized carbons (Fsp3) is 0.667. The van der Waals surface area contributed by atoms with Gasteiger partial charge in [0, 0.05) is 6.21 Å². The van der Waals surface area contributed by atoms with Crippen molar-refractivity contribution in [2.24, 2.45) is 0 Å². The summed E-state index contributed by atoms with van der Waals surface area (Å²) in [7, 11) is 0. The first kappa shape index (κ1) is 9.62. The minimum Gasteiger partial charge on any atom is -0.466 e. The van der Waals surface area contributed by atoms with E-state index in [1.807, 2.05) is 0 Å². The van der Waals surface area contributed by atoms with Gasteiger partial charge in [-0.2, -0.15) is 0 Å². The average Bonchev–Trinajstić information content (AvgIpc) is 1.88. The van der Waals surface area contributed by atoms with E-state index in [2.05, 4.69) is 20.7 Å². The lowest BCUT2D eigenvalue weighted by Crippen LogP contribution is -2.11. The predicted octanol–water partition coefficient (Wildman–Crippen LogP) is 1.35. The highest BCUT2D eigenvalue weighted by Gasteiger charge is 2.07. The Kier molecular flexibility index (Phi) is 5.20. The Morgan fingerprint density at radius 3 is 2.90 bits per heavy atom. The van der Waals surface area contributed by atoms with E-state index >= 15 is 0 Å². The van der Waals surface area contributed by atoms with Crippen LogP contribution in [0.15, 0.2) is 0 Å². The van der Waals surface area contributed by atoms with Crippen LogP contribution in [0.2, 0.25) is 0 Å². The van der Waals surface area contributed by atoms with E-state index in [0.29, 0.717) is 6.61 Å². The summed E-state index contributed by atoms with van der Waals surface area (Å²) in [4.78, 5) is 10.5. The summed E-state index contributed by atoms with van der Waals surface area (Å²) in [6.45, 7) is 2.15. The Morgan fingerprint density at radius 1 is 1.90 bits per heavy atom. The molecule has 0 aliphatic heterocycles. The maximum absolute atomic E-state index is 10.7. The highest BCUT2D eigenvalue weighted by atomic mass is 79.9. The molecule has 0 aromatic rings. The maximum atomic E-state index is 10.7. The lowest BCUT2D eigenvalue weighted by atomic mass is 10.3. The van der Waals surface area contributed by atoms with Gasteiger partial charge in [-0.05, 0) is 6.92 Å². The number of ether oxygens (including phenoxy) is 1. The fourth-order valence-corrected chi connectivity index (χ4v) is 0.702. The van der Waals surface area contributed by atoms with Crippen LogP contribution in [0.1, 0.15) is 13.3 Å². The third-order valence-electron chi connectivity index (χ3n) is 0.848. The van der Waals surface area contributed by atoms with Gasteiger partial charge in [-0.3, -0.25) is 4.79 Å². The van der Waals surface area contributed by atoms with Gasteiger partial charge in [0.2, 0.25) is 0 Å². The van der Waals surface area contributed by atoms with Gasteiger partial charge in [0.25, 0.3) is 0 Å². The molecule has 0 bridgehead atoms. The van der Waals surface area contributed by atoms with Gasteiger partial charge in [0.1, 0.15) is 0 Å². The van der Waals surface area contributed by atoms with Crippen LogP contribution < -0.4 is 0 Å². The Hall–Kier alpha value is -0.380. The molecule has 0 aromatic carbocycles. The molecule has 1 unspecified atom stereocenters. The summed E-state index contributed by atoms with van der Waals surface area (Å²) in [5, 5.41) is 6.75. The summed E-state index contributed by atoms with van der Waals surface area (Å²) in [6, 6.07) is 0. The summed E-state index contributed by atoms with van der Waals surface area (Å²) in [6.07, 6.45) is 1.40. The summed E-state index contributed by atoms with van der Waals surface area (Å²) >= 11 is 3.10. The van der Waals surface area contributed by atoms with Crippen LogP contribution in [0.3, 0.4) is 0 Å². The second kappa shape index (κ2) is 5.41. The number of hydrogen-bond acceptors (Lipinski definition) is 3. The van der Waals surface area contributed by atoms with E-state index in [9.17, 15) is 4.79 Å². The normalized spacial score (nSPS) is 12.2. The average molecular weight is 208 g/mol. The molecule has 0 radical (unpaired) electrons. The molecular formula is C6H10BrNO2. The van der Waals surface area contributed by atoms with Crippen molar-refractivity contribution in [1.82, 2.24) is 0 Å². The van der Waals surface area contributed by atoms with Crippen molar-refractivity contribution >= 4 is 28.1 Å². The van der Waals surface area contributed by atoms with Gasteiger partial charge in [-0.25, -0.2) is 0 Å². The molecule has 3 nitrogen and oxygen atoms in total. The molecule has 0 aromatic heterocycles. The van der Waals surface area contributed by atoms with E-state index in [1.54, 1.807) is 6.92 Å². The molecule has 58 valence electrons. The molecule has 0 fully saturated rings. The second-order valence-electron chi connectivity index (χ2n) is 1.69. The third-order valence-corrected chi connectivity index (χ3v) is 1.44. The molecule has 0 amide bonds. The zero-order chi connectivity index (χ0) is 7.98. The molecule has 10 heavy (non-hydrogen) atoms. The smallest absolute Gasteiger partial charge is 0.307 e. The van der Waals surface area contributed by atoms with Gasteiger partial charge < -0.3 is 10.1 Å². The molecule has 0 saturated heterocycles. The van der Waals surface area contributed by atoms with Crippen LogP contribution >= 0.6 is 15.9 Å². The van der Waals surface area contributed by atoms with Gasteiger partial charge in [0.15, 0.2) is 0 Å². The molecule has 0 rings (SSSR count). The number of halogens is 1. The van der Waals surface area contributed by atoms with Crippen LogP contribution in [0.4, 0.5) is 0 Å². The zero-order valence-corrected chi connectivity index (χ0v) is 7.35. The van der Waals surface area contributed by atoms with Gasteiger partial charge in [-0.15, -0.1) is 0 Å². The Bertz CT molecular complexity index is 127. The number of alkyl halides is 1. The van der Waals surface area contributed by atoms with Crippen LogP contribution in [0.5, 0.6) is 0 Å². The quantitative estimate of drug-likeness (QED) is 0.430. The first-order valence-corrected chi connectivity index (χ1v) is 3.92. The molecule has 0 saturated carbocycles. The van der Waals surface area contributed by atoms with E-state index < -0.39 is 0 Å². The number of nitrogens with one attached hydrogen (secondary N) is 1. The van der Waals surface area contributed by atoms with E-state index in [1.165, 1.54) is 0 Å². The fourth-order valence-electron chi connectivity index (χ4n) is 0.438. The number of carbonyl (C=O) groups is 1. The number of rotatable bonds is 4. The SMILES string of the molecule is CCOC(=O)CC(Br)C=N. The molecule has 0 spiro atoms. The van der Waals surface area contributed by atoms with Crippen LogP contribution in [-0.2, 0) is 9.53 Å². The summed E-state index contributed by atoms with van der Waals surface area (Å²) in [5.41, 5.74) is 0. The minimum atomic E-state index is -0.270. The Balaban J connectivity index is 3.46. The van der Waals surface area contributed by atoms with E-state index in [-0.39, 0.29) is 17.2 Å². The number of carbonyl (C=O) groups excluding carboxylic acids is 1. The molecular weight excluding hydrogens is 198 g/mol. The predicted molar refractivity (Wildman–Crippen MR) is 42.7 cm³/mol. The maximum Gasteiger partial charge on any atom is 0.307 e. The van der Waals surface area contributed by atoms with Crippen molar-refractivity contribution in [3.8, 4) is 0 Å². The van der Waals surface area contributed by atoms with Crippen molar-refractivity contribution in [1.29, 1.82) is 5.41 Å². The zero-order valence-electron chi connectivity index (χ0n) is 5.76. The minimum absolute atomic E-state index is 0.188. The van der Waals surface area contributed by atoms with Gasteiger partial charge in [0.05, 0.1) is 17.9 Å². The standard InChI is InChI=1S/C6H10BrNO2/c1-2-10-6(9)3-5(7)4-8/h4-5,8H,2-3H2,1H3. The molecule has 0 aliphatic carbocycles. The van der Waals surface area contributed by atoms with Crippen LogP contribution in [0, 0.1) is 5.41 Å². The van der Waals surface area contributed by atoms with Crippen LogP contribution in [0.25, 0.3) is 0 Å². The monoisotopic (exact) mass is 207 g/mol. The lowest BCUT2D eigenvalue weighted by Gasteiger charge is -2.01. The third kappa shape index (κ3) is 4.49. The number of esters is 1. The molecule has 0 heterocycles. The van der Waals surface area contributed by atoms with Crippen LogP contribution in [-0.4, -0.2) is 23.6 Å². The molecule has 1 N–H and O–H groups in total.